The number of ether oxygens (including phenoxy) is 1. The summed E-state index contributed by atoms with van der Waals surface area (Å²) in [5, 5.41) is 7.29. The smallest absolute Gasteiger partial charge is 0.265 e. The third-order valence-corrected chi connectivity index (χ3v) is 2.81. The molecule has 17 heavy (non-hydrogen) atoms. The number of nitrogens with one attached hydrogen (secondary N) is 1. The van der Waals surface area contributed by atoms with Crippen LogP contribution in [0, 0.1) is 5.41 Å². The maximum atomic E-state index is 7.29. The van der Waals surface area contributed by atoms with Gasteiger partial charge in [0.15, 0.2) is 0 Å². The highest BCUT2D eigenvalue weighted by Crippen LogP contribution is 2.27. The fourth-order valence-electron chi connectivity index (χ4n) is 0.971. The molecule has 0 aromatic heterocycles. The Balaban J connectivity index is 2.41. The average molecular weight is 357 g/mol. The molecule has 1 N–H and O–H groups in total. The molecule has 1 aromatic rings. The van der Waals surface area contributed by atoms with Crippen molar-refractivity contribution in [1.29, 1.82) is 5.41 Å². The molecule has 0 aliphatic carbocycles. The third kappa shape index (κ3) is 5.77. The van der Waals surface area contributed by atoms with E-state index in [-0.39, 0.29) is 12.5 Å². The van der Waals surface area contributed by atoms with Gasteiger partial charge in [0.2, 0.25) is 5.90 Å². The van der Waals surface area contributed by atoms with Gasteiger partial charge in [0, 0.05) is 4.47 Å². The first-order chi connectivity index (χ1) is 7.89. The molecule has 0 bridgehead atoms. The number of benzene rings is 1. The Morgan fingerprint density at radius 1 is 1.29 bits per heavy atom. The molecule has 0 unspecified atom stereocenters. The van der Waals surface area contributed by atoms with E-state index in [0.717, 1.165) is 10.0 Å². The van der Waals surface area contributed by atoms with Gasteiger partial charge in [-0.25, -0.2) is 0 Å². The highest BCUT2D eigenvalue weighted by molar-refractivity contribution is 9.10. The summed E-state index contributed by atoms with van der Waals surface area (Å²) in [4.78, 5) is 0. The van der Waals surface area contributed by atoms with E-state index in [9.17, 15) is 0 Å². The average Bonchev–Trinajstić information content (AvgIpc) is 2.25. The van der Waals surface area contributed by atoms with Gasteiger partial charge < -0.3 is 4.74 Å². The first-order valence-electron chi connectivity index (χ1n) is 4.60. The zero-order valence-corrected chi connectivity index (χ0v) is 12.4. The van der Waals surface area contributed by atoms with Crippen LogP contribution < -0.4 is 0 Å². The van der Waals surface area contributed by atoms with Crippen LogP contribution in [0.25, 0.3) is 6.08 Å². The van der Waals surface area contributed by atoms with E-state index in [1.54, 1.807) is 6.08 Å². The van der Waals surface area contributed by atoms with Gasteiger partial charge in [0.25, 0.3) is 3.79 Å². The molecule has 1 rings (SSSR count). The molecule has 0 aliphatic rings. The zero-order valence-electron chi connectivity index (χ0n) is 8.59. The lowest BCUT2D eigenvalue weighted by Crippen LogP contribution is -2.21. The minimum Gasteiger partial charge on any atom is -0.474 e. The van der Waals surface area contributed by atoms with E-state index in [1.165, 1.54) is 0 Å². The Morgan fingerprint density at radius 2 is 1.88 bits per heavy atom. The normalized spacial score (nSPS) is 11.8. The van der Waals surface area contributed by atoms with Crippen molar-refractivity contribution < 1.29 is 4.74 Å². The van der Waals surface area contributed by atoms with Crippen molar-refractivity contribution in [3.63, 3.8) is 0 Å². The number of halogens is 4. The molecule has 92 valence electrons. The predicted octanol–water partition coefficient (Wildman–Crippen LogP) is 4.83. The lowest BCUT2D eigenvalue weighted by atomic mass is 10.2. The van der Waals surface area contributed by atoms with Gasteiger partial charge in [-0.15, -0.1) is 0 Å². The largest absolute Gasteiger partial charge is 0.474 e. The van der Waals surface area contributed by atoms with Crippen molar-refractivity contribution >= 4 is 62.7 Å². The molecule has 0 radical (unpaired) electrons. The summed E-state index contributed by atoms with van der Waals surface area (Å²) in [7, 11) is 0. The van der Waals surface area contributed by atoms with Gasteiger partial charge in [0.05, 0.1) is 0 Å². The first-order valence-corrected chi connectivity index (χ1v) is 6.53. The monoisotopic (exact) mass is 355 g/mol. The second-order valence-corrected chi connectivity index (χ2v) is 6.29. The van der Waals surface area contributed by atoms with Crippen LogP contribution in [0.4, 0.5) is 0 Å². The summed E-state index contributed by atoms with van der Waals surface area (Å²) in [5.41, 5.74) is 1.03. The van der Waals surface area contributed by atoms with E-state index in [4.69, 9.17) is 44.9 Å². The maximum absolute atomic E-state index is 7.29. The SMILES string of the molecule is N=C(OCC=Cc1ccc(Br)cc1)C(Cl)(Cl)Cl. The summed E-state index contributed by atoms with van der Waals surface area (Å²) in [5.74, 6) is -0.386. The zero-order chi connectivity index (χ0) is 12.9. The maximum Gasteiger partial charge on any atom is 0.265 e. The summed E-state index contributed by atoms with van der Waals surface area (Å²) in [6.07, 6.45) is 3.60. The van der Waals surface area contributed by atoms with Crippen LogP contribution in [0.1, 0.15) is 5.56 Å². The molecule has 0 amide bonds. The molecule has 2 nitrogen and oxygen atoms in total. The highest BCUT2D eigenvalue weighted by atomic mass is 79.9. The summed E-state index contributed by atoms with van der Waals surface area (Å²) in [6, 6.07) is 7.76. The van der Waals surface area contributed by atoms with Crippen molar-refractivity contribution in [2.75, 3.05) is 6.61 Å². The summed E-state index contributed by atoms with van der Waals surface area (Å²) < 4.78 is 4.16. The Morgan fingerprint density at radius 3 is 2.41 bits per heavy atom. The van der Waals surface area contributed by atoms with Gasteiger partial charge in [-0.1, -0.05) is 68.9 Å². The predicted molar refractivity (Wildman–Crippen MR) is 77.1 cm³/mol. The number of hydrogen-bond donors (Lipinski definition) is 1. The number of hydrogen-bond acceptors (Lipinski definition) is 2. The molecule has 0 saturated heterocycles. The van der Waals surface area contributed by atoms with Crippen LogP contribution in [-0.4, -0.2) is 16.3 Å². The van der Waals surface area contributed by atoms with Gasteiger partial charge >= 0.3 is 0 Å². The van der Waals surface area contributed by atoms with Crippen LogP contribution in [0.2, 0.25) is 0 Å². The van der Waals surface area contributed by atoms with Crippen molar-refractivity contribution in [2.24, 2.45) is 0 Å². The number of alkyl halides is 3. The Kier molecular flexibility index (Phi) is 5.80. The van der Waals surface area contributed by atoms with Crippen LogP contribution in [0.3, 0.4) is 0 Å². The van der Waals surface area contributed by atoms with Gasteiger partial charge in [-0.3, -0.25) is 5.41 Å². The highest BCUT2D eigenvalue weighted by Gasteiger charge is 2.28. The third-order valence-electron chi connectivity index (χ3n) is 1.76. The van der Waals surface area contributed by atoms with E-state index in [2.05, 4.69) is 15.9 Å². The molecule has 0 atom stereocenters. The van der Waals surface area contributed by atoms with Crippen LogP contribution in [-0.2, 0) is 4.74 Å². The van der Waals surface area contributed by atoms with Crippen molar-refractivity contribution in [2.45, 2.75) is 3.79 Å². The lowest BCUT2D eigenvalue weighted by Gasteiger charge is -2.11. The van der Waals surface area contributed by atoms with E-state index in [1.807, 2.05) is 30.3 Å². The van der Waals surface area contributed by atoms with Crippen LogP contribution >= 0.6 is 50.7 Å². The standard InChI is InChI=1S/C11H9BrCl3NO/c12-9-5-3-8(4-6-9)2-1-7-17-10(16)11(13,14)15/h1-6,16H,7H2. The van der Waals surface area contributed by atoms with Crippen molar-refractivity contribution in [3.05, 3.63) is 40.4 Å². The molecule has 0 spiro atoms. The Hall–Kier alpha value is -0.220. The minimum absolute atomic E-state index is 0.183. The second kappa shape index (κ2) is 6.64. The minimum atomic E-state index is -1.80. The van der Waals surface area contributed by atoms with Crippen molar-refractivity contribution in [3.8, 4) is 0 Å². The first kappa shape index (κ1) is 14.8. The summed E-state index contributed by atoms with van der Waals surface area (Å²) in [6.45, 7) is 0.183. The van der Waals surface area contributed by atoms with Crippen molar-refractivity contribution in [1.82, 2.24) is 0 Å². The van der Waals surface area contributed by atoms with E-state index < -0.39 is 3.79 Å². The second-order valence-electron chi connectivity index (χ2n) is 3.09. The molecule has 0 fully saturated rings. The number of rotatable bonds is 3. The fourth-order valence-corrected chi connectivity index (χ4v) is 1.40. The molecule has 0 saturated carbocycles. The molecule has 1 aromatic carbocycles. The molecular weight excluding hydrogens is 348 g/mol. The summed E-state index contributed by atoms with van der Waals surface area (Å²) >= 11 is 19.7. The molecule has 0 heterocycles. The molecule has 6 heteroatoms. The lowest BCUT2D eigenvalue weighted by molar-refractivity contribution is 0.341. The van der Waals surface area contributed by atoms with Gasteiger partial charge in [-0.2, -0.15) is 0 Å². The Bertz CT molecular complexity index is 412. The van der Waals surface area contributed by atoms with Crippen LogP contribution in [0.5, 0.6) is 0 Å². The fraction of sp³-hybridized carbons (Fsp3) is 0.182. The van der Waals surface area contributed by atoms with E-state index in [0.29, 0.717) is 0 Å². The molecule has 0 aliphatic heterocycles. The van der Waals surface area contributed by atoms with E-state index >= 15 is 0 Å². The topological polar surface area (TPSA) is 33.1 Å². The van der Waals surface area contributed by atoms with Gasteiger partial charge in [-0.05, 0) is 23.8 Å². The van der Waals surface area contributed by atoms with Gasteiger partial charge in [0.1, 0.15) is 6.61 Å². The Labute approximate surface area is 123 Å². The quantitative estimate of drug-likeness (QED) is 0.469. The van der Waals surface area contributed by atoms with Crippen LogP contribution in [0.15, 0.2) is 34.8 Å². The molecular formula is C11H9BrCl3NO.